The lowest BCUT2D eigenvalue weighted by molar-refractivity contribution is -0.115. The number of hydrogen-bond acceptors (Lipinski definition) is 6. The number of nitrogens with zero attached hydrogens (tertiary/aromatic N) is 3. The number of carbonyl (C=O) groups excluding carboxylic acids is 2. The first-order valence-electron chi connectivity index (χ1n) is 9.63. The van der Waals surface area contributed by atoms with Gasteiger partial charge in [-0.05, 0) is 36.6 Å². The van der Waals surface area contributed by atoms with Crippen LogP contribution in [0.1, 0.15) is 24.0 Å². The fourth-order valence-electron chi connectivity index (χ4n) is 3.20. The van der Waals surface area contributed by atoms with Gasteiger partial charge in [0.1, 0.15) is 23.1 Å². The van der Waals surface area contributed by atoms with Crippen molar-refractivity contribution in [1.29, 1.82) is 0 Å². The van der Waals surface area contributed by atoms with E-state index in [9.17, 15) is 14.0 Å². The second-order valence-corrected chi connectivity index (χ2v) is 8.19. The first kappa shape index (κ1) is 19.5. The van der Waals surface area contributed by atoms with E-state index in [0.717, 1.165) is 24.2 Å². The lowest BCUT2D eigenvalue weighted by Crippen LogP contribution is -2.22. The van der Waals surface area contributed by atoms with E-state index < -0.39 is 11.9 Å². The van der Waals surface area contributed by atoms with Gasteiger partial charge in [-0.2, -0.15) is 9.61 Å². The number of amides is 3. The molecule has 5 rings (SSSR count). The van der Waals surface area contributed by atoms with E-state index in [0.29, 0.717) is 34.1 Å². The summed E-state index contributed by atoms with van der Waals surface area (Å²) in [5, 5.41) is 15.7. The second-order valence-electron chi connectivity index (χ2n) is 7.34. The summed E-state index contributed by atoms with van der Waals surface area (Å²) in [6.07, 6.45) is 5.29. The van der Waals surface area contributed by atoms with Gasteiger partial charge in [0.2, 0.25) is 0 Å². The Bertz CT molecular complexity index is 1250. The highest BCUT2D eigenvalue weighted by Gasteiger charge is 2.25. The van der Waals surface area contributed by atoms with Crippen LogP contribution in [0.2, 0.25) is 0 Å². The zero-order chi connectivity index (χ0) is 21.5. The Morgan fingerprint density at radius 1 is 1.26 bits per heavy atom. The van der Waals surface area contributed by atoms with Crippen LogP contribution in [0.25, 0.3) is 11.7 Å². The number of anilines is 2. The standard InChI is InChI=1S/C20H17BrFN7O2/c21-14-6-12(22)2-1-10(14)8-23-16-7-17(25-13-3-4-13)29-18(27-16)11(9-24-29)5-15-19(30)28-20(31)26-15/h1-2,5-7,9,13,25H,3-4,8H2,(H,23,27)(H2,26,28,30,31)/b15-5-. The molecule has 2 aliphatic rings. The average Bonchev–Trinajstić information content (AvgIpc) is 3.36. The normalized spacial score (nSPS) is 17.2. The van der Waals surface area contributed by atoms with Crippen LogP contribution in [-0.2, 0) is 11.3 Å². The van der Waals surface area contributed by atoms with Gasteiger partial charge in [0.05, 0.1) is 6.20 Å². The quantitative estimate of drug-likeness (QED) is 0.315. The minimum atomic E-state index is -0.566. The number of aromatic nitrogens is 3. The average molecular weight is 486 g/mol. The number of rotatable bonds is 6. The van der Waals surface area contributed by atoms with Crippen LogP contribution < -0.4 is 21.3 Å². The molecule has 0 spiro atoms. The third-order valence-electron chi connectivity index (χ3n) is 4.92. The van der Waals surface area contributed by atoms with E-state index in [2.05, 4.69) is 47.3 Å². The van der Waals surface area contributed by atoms with E-state index in [1.54, 1.807) is 16.8 Å². The first-order chi connectivity index (χ1) is 15.0. The number of carbonyl (C=O) groups is 2. The summed E-state index contributed by atoms with van der Waals surface area (Å²) < 4.78 is 15.7. The van der Waals surface area contributed by atoms with Crippen LogP contribution in [0.4, 0.5) is 20.8 Å². The maximum atomic E-state index is 13.4. The van der Waals surface area contributed by atoms with Gasteiger partial charge in [-0.25, -0.2) is 14.2 Å². The Kier molecular flexibility index (Phi) is 4.81. The molecule has 1 aliphatic heterocycles. The summed E-state index contributed by atoms with van der Waals surface area (Å²) in [5.74, 6) is 0.534. The van der Waals surface area contributed by atoms with Crippen molar-refractivity contribution >= 4 is 51.2 Å². The van der Waals surface area contributed by atoms with Gasteiger partial charge >= 0.3 is 6.03 Å². The molecule has 1 saturated carbocycles. The van der Waals surface area contributed by atoms with Gasteiger partial charge < -0.3 is 16.0 Å². The van der Waals surface area contributed by atoms with E-state index in [1.165, 1.54) is 18.2 Å². The highest BCUT2D eigenvalue weighted by atomic mass is 79.9. The molecule has 1 aromatic carbocycles. The number of urea groups is 1. The maximum absolute atomic E-state index is 13.4. The van der Waals surface area contributed by atoms with Gasteiger partial charge in [0, 0.05) is 28.7 Å². The molecule has 0 unspecified atom stereocenters. The van der Waals surface area contributed by atoms with Gasteiger partial charge in [0.25, 0.3) is 5.91 Å². The summed E-state index contributed by atoms with van der Waals surface area (Å²) >= 11 is 3.37. The second kappa shape index (κ2) is 7.65. The number of benzene rings is 1. The Morgan fingerprint density at radius 3 is 2.81 bits per heavy atom. The van der Waals surface area contributed by atoms with Crippen LogP contribution in [-0.4, -0.2) is 32.6 Å². The van der Waals surface area contributed by atoms with Crippen LogP contribution in [0.15, 0.2) is 40.6 Å². The van der Waals surface area contributed by atoms with E-state index in [4.69, 9.17) is 0 Å². The van der Waals surface area contributed by atoms with Crippen LogP contribution >= 0.6 is 15.9 Å². The zero-order valence-electron chi connectivity index (χ0n) is 16.1. The first-order valence-corrected chi connectivity index (χ1v) is 10.4. The van der Waals surface area contributed by atoms with Crippen LogP contribution in [0.5, 0.6) is 0 Å². The fraction of sp³-hybridized carbons (Fsp3) is 0.200. The van der Waals surface area contributed by atoms with E-state index in [-0.39, 0.29) is 11.5 Å². The molecule has 1 aliphatic carbocycles. The molecule has 1 saturated heterocycles. The molecule has 3 heterocycles. The summed E-state index contributed by atoms with van der Waals surface area (Å²) in [6, 6.07) is 6.19. The molecule has 158 valence electrons. The summed E-state index contributed by atoms with van der Waals surface area (Å²) in [6.45, 7) is 0.427. The maximum Gasteiger partial charge on any atom is 0.326 e. The van der Waals surface area contributed by atoms with E-state index >= 15 is 0 Å². The predicted molar refractivity (Wildman–Crippen MR) is 116 cm³/mol. The SMILES string of the molecule is O=C1NC(=O)/C(=C/c2cnn3c(NC4CC4)cc(NCc4ccc(F)cc4Br)nc23)N1. The number of hydrogen-bond donors (Lipinski definition) is 4. The van der Waals surface area contributed by atoms with Crippen molar-refractivity contribution in [3.63, 3.8) is 0 Å². The zero-order valence-corrected chi connectivity index (χ0v) is 17.7. The highest BCUT2D eigenvalue weighted by molar-refractivity contribution is 9.10. The van der Waals surface area contributed by atoms with Crippen molar-refractivity contribution < 1.29 is 14.0 Å². The molecule has 31 heavy (non-hydrogen) atoms. The predicted octanol–water partition coefficient (Wildman–Crippen LogP) is 3.00. The number of imide groups is 1. The Balaban J connectivity index is 1.49. The molecule has 4 N–H and O–H groups in total. The van der Waals surface area contributed by atoms with Crippen molar-refractivity contribution in [1.82, 2.24) is 25.2 Å². The molecule has 9 nitrogen and oxygen atoms in total. The summed E-state index contributed by atoms with van der Waals surface area (Å²) in [7, 11) is 0. The summed E-state index contributed by atoms with van der Waals surface area (Å²) in [5.41, 5.74) is 2.11. The number of nitrogens with one attached hydrogen (secondary N) is 4. The number of halogens is 2. The van der Waals surface area contributed by atoms with Gasteiger partial charge in [-0.15, -0.1) is 0 Å². The molecule has 0 bridgehead atoms. The van der Waals surface area contributed by atoms with Gasteiger partial charge in [-0.3, -0.25) is 10.1 Å². The van der Waals surface area contributed by atoms with Crippen molar-refractivity contribution in [3.8, 4) is 0 Å². The van der Waals surface area contributed by atoms with Crippen molar-refractivity contribution in [2.45, 2.75) is 25.4 Å². The Labute approximate surface area is 184 Å². The third-order valence-corrected chi connectivity index (χ3v) is 5.66. The molecular formula is C20H17BrFN7O2. The van der Waals surface area contributed by atoms with Crippen molar-refractivity contribution in [2.75, 3.05) is 10.6 Å². The highest BCUT2D eigenvalue weighted by Crippen LogP contribution is 2.28. The molecular weight excluding hydrogens is 469 g/mol. The van der Waals surface area contributed by atoms with Crippen LogP contribution in [0.3, 0.4) is 0 Å². The van der Waals surface area contributed by atoms with E-state index in [1.807, 2.05) is 6.07 Å². The van der Waals surface area contributed by atoms with Crippen molar-refractivity contribution in [2.24, 2.45) is 0 Å². The fourth-order valence-corrected chi connectivity index (χ4v) is 3.69. The molecule has 3 aromatic rings. The molecule has 0 atom stereocenters. The lowest BCUT2D eigenvalue weighted by Gasteiger charge is -2.12. The molecule has 2 fully saturated rings. The Hall–Kier alpha value is -3.47. The lowest BCUT2D eigenvalue weighted by atomic mass is 10.2. The molecule has 11 heteroatoms. The van der Waals surface area contributed by atoms with Crippen molar-refractivity contribution in [3.05, 3.63) is 57.6 Å². The largest absolute Gasteiger partial charge is 0.367 e. The topological polar surface area (TPSA) is 112 Å². The van der Waals surface area contributed by atoms with Gasteiger partial charge in [0.15, 0.2) is 5.65 Å². The number of fused-ring (bicyclic) bond motifs is 1. The third kappa shape index (κ3) is 4.08. The minimum absolute atomic E-state index is 0.131. The summed E-state index contributed by atoms with van der Waals surface area (Å²) in [4.78, 5) is 27.9. The monoisotopic (exact) mass is 485 g/mol. The minimum Gasteiger partial charge on any atom is -0.367 e. The van der Waals surface area contributed by atoms with Gasteiger partial charge in [-0.1, -0.05) is 22.0 Å². The van der Waals surface area contributed by atoms with Crippen LogP contribution in [0, 0.1) is 5.82 Å². The Morgan fingerprint density at radius 2 is 2.10 bits per heavy atom. The molecule has 0 radical (unpaired) electrons. The molecule has 2 aromatic heterocycles. The smallest absolute Gasteiger partial charge is 0.326 e. The molecule has 3 amide bonds.